The highest BCUT2D eigenvalue weighted by atomic mass is 35.5. The maximum atomic E-state index is 12.8. The molecule has 26 heavy (non-hydrogen) atoms. The predicted molar refractivity (Wildman–Crippen MR) is 106 cm³/mol. The minimum atomic E-state index is -0.536. The zero-order valence-corrected chi connectivity index (χ0v) is 15.7. The maximum Gasteiger partial charge on any atom is 0.313 e. The van der Waals surface area contributed by atoms with Crippen molar-refractivity contribution in [3.05, 3.63) is 76.8 Å². The fourth-order valence-corrected chi connectivity index (χ4v) is 3.34. The van der Waals surface area contributed by atoms with E-state index in [0.717, 1.165) is 37.1 Å². The average molecular weight is 370 g/mol. The lowest BCUT2D eigenvalue weighted by molar-refractivity contribution is -0.167. The third kappa shape index (κ3) is 4.54. The number of carbonyl (C=O) groups excluding carboxylic acids is 1. The molecule has 4 heteroatoms. The molecular weight excluding hydrogens is 346 g/mol. The maximum absolute atomic E-state index is 12.8. The van der Waals surface area contributed by atoms with Gasteiger partial charge in [-0.1, -0.05) is 66.2 Å². The van der Waals surface area contributed by atoms with E-state index in [0.29, 0.717) is 5.02 Å². The number of hydrogen-bond donors (Lipinski definition) is 1. The number of esters is 1. The summed E-state index contributed by atoms with van der Waals surface area (Å²) in [7, 11) is 0. The Morgan fingerprint density at radius 1 is 1.12 bits per heavy atom. The smallest absolute Gasteiger partial charge is 0.313 e. The van der Waals surface area contributed by atoms with E-state index in [1.165, 1.54) is 0 Å². The van der Waals surface area contributed by atoms with Crippen LogP contribution in [0.4, 0.5) is 0 Å². The molecule has 0 saturated carbocycles. The second-order valence-corrected chi connectivity index (χ2v) is 7.17. The summed E-state index contributed by atoms with van der Waals surface area (Å²) in [6.45, 7) is 3.56. The van der Waals surface area contributed by atoms with E-state index in [1.54, 1.807) is 0 Å². The quantitative estimate of drug-likeness (QED) is 0.768. The Bertz CT molecular complexity index is 749. The Morgan fingerprint density at radius 3 is 2.42 bits per heavy atom. The number of ether oxygens (including phenoxy) is 1. The molecule has 3 rings (SSSR count). The van der Waals surface area contributed by atoms with Gasteiger partial charge in [-0.3, -0.25) is 4.79 Å². The third-order valence-electron chi connectivity index (χ3n) is 4.83. The molecule has 1 N–H and O–H groups in total. The molecule has 2 aromatic rings. The summed E-state index contributed by atoms with van der Waals surface area (Å²) >= 11 is 5.90. The SMILES string of the molecule is CC(/C=C/c1ccc(Cl)cc1)C(=O)OC1(c2ccccc2)CCNCC1. The van der Waals surface area contributed by atoms with E-state index in [-0.39, 0.29) is 11.9 Å². The van der Waals surface area contributed by atoms with Crippen LogP contribution in [0.25, 0.3) is 6.08 Å². The third-order valence-corrected chi connectivity index (χ3v) is 5.08. The first-order valence-corrected chi connectivity index (χ1v) is 9.40. The molecule has 2 aromatic carbocycles. The van der Waals surface area contributed by atoms with Crippen LogP contribution in [0.15, 0.2) is 60.7 Å². The Balaban J connectivity index is 1.72. The first-order valence-electron chi connectivity index (χ1n) is 9.02. The first-order chi connectivity index (χ1) is 12.6. The summed E-state index contributed by atoms with van der Waals surface area (Å²) in [5.41, 5.74) is 1.55. The normalized spacial score (nSPS) is 17.8. The number of hydrogen-bond acceptors (Lipinski definition) is 3. The lowest BCUT2D eigenvalue weighted by Gasteiger charge is -2.38. The van der Waals surface area contributed by atoms with Crippen molar-refractivity contribution in [3.63, 3.8) is 0 Å². The standard InChI is InChI=1S/C22H24ClNO2/c1-17(7-8-18-9-11-20(23)12-10-18)21(25)26-22(13-15-24-16-14-22)19-5-3-2-4-6-19/h2-12,17,24H,13-16H2,1H3/b8-7+. The van der Waals surface area contributed by atoms with Crippen LogP contribution in [0.3, 0.4) is 0 Å². The first kappa shape index (κ1) is 18.7. The van der Waals surface area contributed by atoms with Gasteiger partial charge in [-0.2, -0.15) is 0 Å². The second kappa shape index (κ2) is 8.52. The van der Waals surface area contributed by atoms with Gasteiger partial charge in [0.25, 0.3) is 0 Å². The van der Waals surface area contributed by atoms with Crippen molar-refractivity contribution in [2.24, 2.45) is 5.92 Å². The average Bonchev–Trinajstić information content (AvgIpc) is 2.68. The molecule has 1 aliphatic heterocycles. The molecule has 3 nitrogen and oxygen atoms in total. The summed E-state index contributed by atoms with van der Waals surface area (Å²) in [6.07, 6.45) is 5.39. The van der Waals surface area contributed by atoms with Crippen molar-refractivity contribution >= 4 is 23.6 Å². The molecule has 1 atom stereocenters. The van der Waals surface area contributed by atoms with Gasteiger partial charge in [-0.25, -0.2) is 0 Å². The highest BCUT2D eigenvalue weighted by Crippen LogP contribution is 2.35. The van der Waals surface area contributed by atoms with E-state index in [1.807, 2.05) is 73.7 Å². The van der Waals surface area contributed by atoms with Crippen LogP contribution in [-0.4, -0.2) is 19.1 Å². The van der Waals surface area contributed by atoms with Gasteiger partial charge in [0.05, 0.1) is 5.92 Å². The lowest BCUT2D eigenvalue weighted by Crippen LogP contribution is -2.43. The van der Waals surface area contributed by atoms with E-state index in [4.69, 9.17) is 16.3 Å². The van der Waals surface area contributed by atoms with Crippen molar-refractivity contribution in [2.45, 2.75) is 25.4 Å². The molecule has 0 radical (unpaired) electrons. The number of rotatable bonds is 5. The van der Waals surface area contributed by atoms with Crippen LogP contribution in [0, 0.1) is 5.92 Å². The van der Waals surface area contributed by atoms with Gasteiger partial charge in [0.1, 0.15) is 5.60 Å². The van der Waals surface area contributed by atoms with Crippen molar-refractivity contribution < 1.29 is 9.53 Å². The van der Waals surface area contributed by atoms with Gasteiger partial charge in [0.15, 0.2) is 0 Å². The van der Waals surface area contributed by atoms with Crippen molar-refractivity contribution in [2.75, 3.05) is 13.1 Å². The Kier molecular flexibility index (Phi) is 6.12. The molecule has 1 unspecified atom stereocenters. The van der Waals surface area contributed by atoms with Gasteiger partial charge in [-0.15, -0.1) is 0 Å². The molecule has 0 bridgehead atoms. The molecule has 1 aliphatic rings. The van der Waals surface area contributed by atoms with Crippen LogP contribution in [0.5, 0.6) is 0 Å². The monoisotopic (exact) mass is 369 g/mol. The van der Waals surface area contributed by atoms with Crippen LogP contribution >= 0.6 is 11.6 Å². The number of halogens is 1. The van der Waals surface area contributed by atoms with Gasteiger partial charge < -0.3 is 10.1 Å². The molecular formula is C22H24ClNO2. The van der Waals surface area contributed by atoms with Crippen LogP contribution in [0.1, 0.15) is 30.9 Å². The Labute approximate surface area is 160 Å². The van der Waals surface area contributed by atoms with Gasteiger partial charge in [-0.05, 0) is 43.3 Å². The van der Waals surface area contributed by atoms with E-state index >= 15 is 0 Å². The minimum Gasteiger partial charge on any atom is -0.454 e. The van der Waals surface area contributed by atoms with E-state index < -0.39 is 5.60 Å². The number of carbonyl (C=O) groups is 1. The largest absolute Gasteiger partial charge is 0.454 e. The topological polar surface area (TPSA) is 38.3 Å². The molecule has 0 aromatic heterocycles. The highest BCUT2D eigenvalue weighted by molar-refractivity contribution is 6.30. The number of benzene rings is 2. The molecule has 136 valence electrons. The number of piperidine rings is 1. The summed E-state index contributed by atoms with van der Waals surface area (Å²) in [4.78, 5) is 12.8. The molecule has 0 amide bonds. The molecule has 0 spiro atoms. The second-order valence-electron chi connectivity index (χ2n) is 6.73. The van der Waals surface area contributed by atoms with Gasteiger partial charge in [0, 0.05) is 17.9 Å². The summed E-state index contributed by atoms with van der Waals surface area (Å²) < 4.78 is 6.08. The van der Waals surface area contributed by atoms with Gasteiger partial charge >= 0.3 is 5.97 Å². The zero-order chi connectivity index (χ0) is 18.4. The summed E-state index contributed by atoms with van der Waals surface area (Å²) in [5.74, 6) is -0.512. The molecule has 1 heterocycles. The molecule has 1 saturated heterocycles. The van der Waals surface area contributed by atoms with Crippen LogP contribution in [0.2, 0.25) is 5.02 Å². The summed E-state index contributed by atoms with van der Waals surface area (Å²) in [5, 5.41) is 4.05. The van der Waals surface area contributed by atoms with E-state index in [9.17, 15) is 4.79 Å². The van der Waals surface area contributed by atoms with Gasteiger partial charge in [0.2, 0.25) is 0 Å². The van der Waals surface area contributed by atoms with Crippen molar-refractivity contribution in [1.29, 1.82) is 0 Å². The fourth-order valence-electron chi connectivity index (χ4n) is 3.22. The Hall–Kier alpha value is -2.10. The lowest BCUT2D eigenvalue weighted by atomic mass is 9.84. The number of nitrogens with one attached hydrogen (secondary N) is 1. The van der Waals surface area contributed by atoms with Crippen molar-refractivity contribution in [3.8, 4) is 0 Å². The van der Waals surface area contributed by atoms with Crippen LogP contribution < -0.4 is 5.32 Å². The predicted octanol–water partition coefficient (Wildman–Crippen LogP) is 4.81. The van der Waals surface area contributed by atoms with E-state index in [2.05, 4.69) is 5.32 Å². The summed E-state index contributed by atoms with van der Waals surface area (Å²) in [6, 6.07) is 17.6. The molecule has 1 fully saturated rings. The minimum absolute atomic E-state index is 0.194. The van der Waals surface area contributed by atoms with Crippen LogP contribution in [-0.2, 0) is 15.1 Å². The highest BCUT2D eigenvalue weighted by Gasteiger charge is 2.38. The van der Waals surface area contributed by atoms with Crippen molar-refractivity contribution in [1.82, 2.24) is 5.32 Å². The Morgan fingerprint density at radius 2 is 1.77 bits per heavy atom. The fraction of sp³-hybridized carbons (Fsp3) is 0.318. The molecule has 0 aliphatic carbocycles. The zero-order valence-electron chi connectivity index (χ0n) is 15.0.